The number of aromatic nitrogens is 3. The van der Waals surface area contributed by atoms with Gasteiger partial charge in [-0.15, -0.1) is 11.3 Å². The van der Waals surface area contributed by atoms with Gasteiger partial charge in [0.1, 0.15) is 0 Å². The molecule has 1 atom stereocenters. The predicted octanol–water partition coefficient (Wildman–Crippen LogP) is 16.2. The summed E-state index contributed by atoms with van der Waals surface area (Å²) in [6.07, 6.45) is 5.90. The lowest BCUT2D eigenvalue weighted by atomic mass is 9.71. The lowest BCUT2D eigenvalue weighted by Gasteiger charge is -2.32. The first kappa shape index (κ1) is 38.0. The zero-order valence-corrected chi connectivity index (χ0v) is 37.2. The summed E-state index contributed by atoms with van der Waals surface area (Å²) in [5.74, 6) is 2.37. The molecule has 3 aliphatic rings. The molecule has 1 unspecified atom stereocenters. The van der Waals surface area contributed by atoms with Crippen LogP contribution in [0.25, 0.3) is 98.9 Å². The molecule has 308 valence electrons. The van der Waals surface area contributed by atoms with Crippen molar-refractivity contribution in [2.45, 2.75) is 38.5 Å². The minimum atomic E-state index is -0.130. The molecule has 0 saturated carbocycles. The van der Waals surface area contributed by atoms with Gasteiger partial charge in [0.15, 0.2) is 17.5 Å². The molecule has 0 aliphatic heterocycles. The van der Waals surface area contributed by atoms with Gasteiger partial charge in [-0.25, -0.2) is 15.0 Å². The molecule has 8 aromatic carbocycles. The lowest BCUT2D eigenvalue weighted by molar-refractivity contribution is 0.660. The van der Waals surface area contributed by atoms with Crippen LogP contribution in [0.4, 0.5) is 0 Å². The van der Waals surface area contributed by atoms with Crippen molar-refractivity contribution < 1.29 is 0 Å². The highest BCUT2D eigenvalue weighted by atomic mass is 32.1. The summed E-state index contributed by atoms with van der Waals surface area (Å²) in [5.41, 5.74) is 21.0. The van der Waals surface area contributed by atoms with E-state index in [4.69, 9.17) is 15.0 Å². The first-order valence-corrected chi connectivity index (χ1v) is 23.4. The molecule has 65 heavy (non-hydrogen) atoms. The summed E-state index contributed by atoms with van der Waals surface area (Å²) in [6, 6.07) is 64.4. The van der Waals surface area contributed by atoms with Crippen LogP contribution in [-0.4, -0.2) is 15.0 Å². The zero-order valence-electron chi connectivity index (χ0n) is 36.4. The monoisotopic (exact) mass is 849 g/mol. The van der Waals surface area contributed by atoms with E-state index < -0.39 is 0 Å². The lowest BCUT2D eigenvalue weighted by Crippen LogP contribution is -2.15. The number of benzene rings is 8. The molecule has 10 aromatic rings. The third-order valence-electron chi connectivity index (χ3n) is 14.2. The van der Waals surface area contributed by atoms with Crippen LogP contribution in [0.3, 0.4) is 0 Å². The maximum atomic E-state index is 5.20. The van der Waals surface area contributed by atoms with Crippen molar-refractivity contribution >= 4 is 42.7 Å². The van der Waals surface area contributed by atoms with Crippen molar-refractivity contribution in [2.75, 3.05) is 0 Å². The fraction of sp³-hybridized carbons (Fsp3) is 0.0984. The summed E-state index contributed by atoms with van der Waals surface area (Å²) >= 11 is 1.87. The molecular formula is C61H43N3S. The van der Waals surface area contributed by atoms with E-state index in [1.165, 1.54) is 87.0 Å². The number of allylic oxidation sites excluding steroid dienone is 4. The van der Waals surface area contributed by atoms with E-state index in [1.807, 2.05) is 11.3 Å². The second kappa shape index (κ2) is 14.5. The number of fused-ring (bicyclic) bond motifs is 12. The van der Waals surface area contributed by atoms with Crippen molar-refractivity contribution in [3.63, 3.8) is 0 Å². The second-order valence-corrected chi connectivity index (χ2v) is 19.4. The molecule has 3 nitrogen and oxygen atoms in total. The fourth-order valence-corrected chi connectivity index (χ4v) is 12.0. The van der Waals surface area contributed by atoms with Gasteiger partial charge in [-0.05, 0) is 116 Å². The van der Waals surface area contributed by atoms with Gasteiger partial charge >= 0.3 is 0 Å². The van der Waals surface area contributed by atoms with Crippen molar-refractivity contribution in [3.05, 3.63) is 221 Å². The van der Waals surface area contributed by atoms with E-state index in [9.17, 15) is 0 Å². The van der Waals surface area contributed by atoms with Crippen LogP contribution in [0.5, 0.6) is 0 Å². The van der Waals surface area contributed by atoms with Crippen molar-refractivity contribution in [2.24, 2.45) is 0 Å². The van der Waals surface area contributed by atoms with Gasteiger partial charge in [0.25, 0.3) is 0 Å². The molecule has 0 radical (unpaired) electrons. The summed E-state index contributed by atoms with van der Waals surface area (Å²) in [5, 5.41) is 2.59. The average Bonchev–Trinajstić information content (AvgIpc) is 3.85. The van der Waals surface area contributed by atoms with Gasteiger partial charge in [-0.1, -0.05) is 177 Å². The number of thiophene rings is 1. The number of nitrogens with zero attached hydrogens (tertiary/aromatic N) is 3. The highest BCUT2D eigenvalue weighted by Crippen LogP contribution is 2.52. The quantitative estimate of drug-likeness (QED) is 0.173. The first-order valence-electron chi connectivity index (χ1n) is 22.6. The summed E-state index contributed by atoms with van der Waals surface area (Å²) in [7, 11) is 0. The molecule has 2 heterocycles. The van der Waals surface area contributed by atoms with E-state index >= 15 is 0 Å². The van der Waals surface area contributed by atoms with E-state index in [1.54, 1.807) is 0 Å². The molecule has 4 heteroatoms. The van der Waals surface area contributed by atoms with E-state index in [2.05, 4.69) is 209 Å². The Morgan fingerprint density at radius 3 is 1.92 bits per heavy atom. The fourth-order valence-electron chi connectivity index (χ4n) is 10.9. The molecule has 0 fully saturated rings. The van der Waals surface area contributed by atoms with Crippen molar-refractivity contribution in [1.29, 1.82) is 0 Å². The topological polar surface area (TPSA) is 38.7 Å². The van der Waals surface area contributed by atoms with E-state index in [-0.39, 0.29) is 5.41 Å². The predicted molar refractivity (Wildman–Crippen MR) is 272 cm³/mol. The average molecular weight is 850 g/mol. The number of hydrogen-bond donors (Lipinski definition) is 0. The van der Waals surface area contributed by atoms with Gasteiger partial charge in [0, 0.05) is 48.2 Å². The smallest absolute Gasteiger partial charge is 0.164 e. The Morgan fingerprint density at radius 1 is 0.477 bits per heavy atom. The Bertz CT molecular complexity index is 3680. The van der Waals surface area contributed by atoms with Crippen LogP contribution >= 0.6 is 11.3 Å². The zero-order chi connectivity index (χ0) is 43.4. The third-order valence-corrected chi connectivity index (χ3v) is 15.3. The second-order valence-electron chi connectivity index (χ2n) is 18.4. The Balaban J connectivity index is 0.879. The van der Waals surface area contributed by atoms with Crippen LogP contribution in [0.15, 0.2) is 188 Å². The molecule has 0 N–H and O–H groups in total. The molecule has 13 rings (SSSR count). The maximum absolute atomic E-state index is 5.20. The molecule has 3 aliphatic carbocycles. The standard InChI is InChI=1S/C61H43N3S/c1-36-12-10-13-41(32-36)59-62-58(63-60(64-59)42-27-30-50-49-18-8-9-20-53(49)61(2,3)54(50)35-42)38-24-22-37(23-25-38)43-19-11-21-56-57(43)52-34-40(28-31-55(52)65-56)39-26-29-48-46-16-5-4-14-44(46)45-15-6-7-17-47(45)51(48)33-39/h4-28,30-35,48H,29H2,1-3H3. The molecule has 0 spiro atoms. The Morgan fingerprint density at radius 2 is 1.11 bits per heavy atom. The number of aryl methyl sites for hydroxylation is 1. The van der Waals surface area contributed by atoms with Crippen LogP contribution in [-0.2, 0) is 5.41 Å². The van der Waals surface area contributed by atoms with Gasteiger partial charge in [0.2, 0.25) is 0 Å². The van der Waals surface area contributed by atoms with Crippen LogP contribution in [0.2, 0.25) is 0 Å². The highest BCUT2D eigenvalue weighted by Gasteiger charge is 2.36. The van der Waals surface area contributed by atoms with Gasteiger partial charge in [-0.2, -0.15) is 0 Å². The number of hydrogen-bond acceptors (Lipinski definition) is 4. The minimum Gasteiger partial charge on any atom is -0.208 e. The summed E-state index contributed by atoms with van der Waals surface area (Å²) in [6.45, 7) is 6.74. The number of rotatable bonds is 5. The largest absolute Gasteiger partial charge is 0.208 e. The van der Waals surface area contributed by atoms with Crippen LogP contribution in [0, 0.1) is 6.92 Å². The Kier molecular flexibility index (Phi) is 8.47. The van der Waals surface area contributed by atoms with Gasteiger partial charge in [0.05, 0.1) is 0 Å². The molecule has 2 aromatic heterocycles. The Hall–Kier alpha value is -7.53. The minimum absolute atomic E-state index is 0.130. The summed E-state index contributed by atoms with van der Waals surface area (Å²) < 4.78 is 2.59. The summed E-state index contributed by atoms with van der Waals surface area (Å²) in [4.78, 5) is 15.5. The van der Waals surface area contributed by atoms with Crippen LogP contribution in [0.1, 0.15) is 59.6 Å². The SMILES string of the molecule is Cc1cccc(-c2nc(-c3ccc(-c4cccc5sc6ccc(C7=CCC8C(=C7)c7ccccc7-c7ccccc78)cc6c45)cc3)nc(-c3ccc4c(c3)C(C)(C)c3ccccc3-4)n2)c1. The van der Waals surface area contributed by atoms with E-state index in [0.29, 0.717) is 23.4 Å². The maximum Gasteiger partial charge on any atom is 0.164 e. The molecule has 0 amide bonds. The van der Waals surface area contributed by atoms with E-state index in [0.717, 1.165) is 34.2 Å². The van der Waals surface area contributed by atoms with Crippen molar-refractivity contribution in [3.8, 4) is 67.5 Å². The van der Waals surface area contributed by atoms with Gasteiger partial charge < -0.3 is 0 Å². The molecule has 0 bridgehead atoms. The normalized spacial score (nSPS) is 15.4. The first-order chi connectivity index (χ1) is 31.9. The van der Waals surface area contributed by atoms with Crippen molar-refractivity contribution in [1.82, 2.24) is 15.0 Å². The Labute approximate surface area is 383 Å². The highest BCUT2D eigenvalue weighted by molar-refractivity contribution is 7.26. The van der Waals surface area contributed by atoms with Crippen LogP contribution < -0.4 is 0 Å². The third kappa shape index (κ3) is 6.05. The molecular weight excluding hydrogens is 807 g/mol. The molecule has 0 saturated heterocycles. The van der Waals surface area contributed by atoms with Gasteiger partial charge in [-0.3, -0.25) is 0 Å².